The monoisotopic (exact) mass is 297 g/mol. The molecule has 2 aromatic rings. The number of thioether (sulfide) groups is 1. The lowest BCUT2D eigenvalue weighted by molar-refractivity contribution is 0.252. The van der Waals surface area contributed by atoms with Crippen molar-refractivity contribution in [3.8, 4) is 0 Å². The molecule has 1 aromatic carbocycles. The molecule has 1 heterocycles. The maximum atomic E-state index is 12.2. The van der Waals surface area contributed by atoms with Gasteiger partial charge in [-0.1, -0.05) is 11.8 Å². The number of nitrogens with zero attached hydrogens (tertiary/aromatic N) is 2. The Bertz CT molecular complexity index is 566. The summed E-state index contributed by atoms with van der Waals surface area (Å²) in [6, 6.07) is 7.13. The quantitative estimate of drug-likeness (QED) is 0.838. The summed E-state index contributed by atoms with van der Waals surface area (Å²) >= 11 is 0.554. The Morgan fingerprint density at radius 3 is 2.40 bits per heavy atom. The predicted octanol–water partition coefficient (Wildman–Crippen LogP) is 4.22. The second-order valence-electron chi connectivity index (χ2n) is 4.61. The maximum absolute atomic E-state index is 12.2. The minimum absolute atomic E-state index is 0.109. The van der Waals surface area contributed by atoms with Crippen LogP contribution in [0.25, 0.3) is 0 Å². The van der Waals surface area contributed by atoms with Gasteiger partial charge in [-0.25, -0.2) is 0 Å². The summed E-state index contributed by atoms with van der Waals surface area (Å²) in [6.07, 6.45) is 1.98. The van der Waals surface area contributed by atoms with E-state index in [0.29, 0.717) is 16.7 Å². The van der Waals surface area contributed by atoms with Crippen LogP contribution in [0.2, 0.25) is 0 Å². The lowest BCUT2D eigenvalue weighted by atomic mass is 10.1. The molecular weight excluding hydrogens is 280 g/mol. The summed E-state index contributed by atoms with van der Waals surface area (Å²) in [5.74, 6) is -2.38. The van der Waals surface area contributed by atoms with Crippen molar-refractivity contribution in [1.29, 1.82) is 0 Å². The summed E-state index contributed by atoms with van der Waals surface area (Å²) in [6.45, 7) is 4.02. The van der Waals surface area contributed by atoms with Gasteiger partial charge in [-0.2, -0.15) is 13.9 Å². The van der Waals surface area contributed by atoms with Gasteiger partial charge < -0.3 is 5.32 Å². The minimum Gasteiger partial charge on any atom is -0.378 e. The van der Waals surface area contributed by atoms with Crippen LogP contribution in [0.1, 0.15) is 24.2 Å². The number of aryl methyl sites for hydroxylation is 2. The van der Waals surface area contributed by atoms with E-state index in [1.807, 2.05) is 39.2 Å². The van der Waals surface area contributed by atoms with Gasteiger partial charge in [-0.05, 0) is 38.1 Å². The first-order chi connectivity index (χ1) is 9.45. The van der Waals surface area contributed by atoms with Gasteiger partial charge in [0.25, 0.3) is 5.76 Å². The lowest BCUT2D eigenvalue weighted by Crippen LogP contribution is -2.06. The van der Waals surface area contributed by atoms with Crippen molar-refractivity contribution in [3.63, 3.8) is 0 Å². The van der Waals surface area contributed by atoms with Gasteiger partial charge in [0, 0.05) is 29.4 Å². The van der Waals surface area contributed by atoms with Crippen molar-refractivity contribution in [3.05, 3.63) is 41.7 Å². The van der Waals surface area contributed by atoms with E-state index in [1.54, 1.807) is 16.8 Å². The molecule has 6 heteroatoms. The van der Waals surface area contributed by atoms with Crippen LogP contribution in [0.15, 0.2) is 35.4 Å². The summed E-state index contributed by atoms with van der Waals surface area (Å²) in [5.41, 5.74) is 3.01. The van der Waals surface area contributed by atoms with Gasteiger partial charge >= 0.3 is 0 Å². The zero-order valence-corrected chi connectivity index (χ0v) is 12.4. The molecule has 20 heavy (non-hydrogen) atoms. The highest BCUT2D eigenvalue weighted by Gasteiger charge is 2.12. The molecule has 0 spiro atoms. The average molecular weight is 297 g/mol. The molecule has 0 aliphatic rings. The Balaban J connectivity index is 2.04. The molecule has 0 saturated heterocycles. The Kier molecular flexibility index (Phi) is 4.65. The second-order valence-corrected chi connectivity index (χ2v) is 5.68. The topological polar surface area (TPSA) is 29.9 Å². The van der Waals surface area contributed by atoms with Crippen LogP contribution in [0.4, 0.5) is 14.5 Å². The van der Waals surface area contributed by atoms with Crippen LogP contribution in [0.5, 0.6) is 0 Å². The fraction of sp³-hybridized carbons (Fsp3) is 0.357. The maximum Gasteiger partial charge on any atom is 0.288 e. The van der Waals surface area contributed by atoms with Crippen molar-refractivity contribution in [2.24, 2.45) is 7.05 Å². The van der Waals surface area contributed by atoms with Crippen molar-refractivity contribution in [2.75, 3.05) is 5.32 Å². The second kappa shape index (κ2) is 6.26. The number of rotatable bonds is 5. The molecule has 0 bridgehead atoms. The first-order valence-corrected chi connectivity index (χ1v) is 7.15. The molecule has 0 radical (unpaired) electrons. The van der Waals surface area contributed by atoms with Crippen LogP contribution < -0.4 is 5.32 Å². The first kappa shape index (κ1) is 14.8. The van der Waals surface area contributed by atoms with Crippen molar-refractivity contribution in [1.82, 2.24) is 9.78 Å². The van der Waals surface area contributed by atoms with E-state index in [9.17, 15) is 8.78 Å². The number of hydrogen-bond donors (Lipinski definition) is 1. The minimum atomic E-state index is -2.38. The Morgan fingerprint density at radius 1 is 1.25 bits per heavy atom. The number of aromatic nitrogens is 2. The third kappa shape index (κ3) is 3.72. The SMILES string of the molecule is Cc1nn(C)cc1C(C)Nc1ccc(SC(F)F)cc1. The van der Waals surface area contributed by atoms with E-state index in [-0.39, 0.29) is 6.04 Å². The fourth-order valence-electron chi connectivity index (χ4n) is 2.10. The standard InChI is InChI=1S/C14H17F2N3S/c1-9(13-8-19(3)18-10(13)2)17-11-4-6-12(7-5-11)20-14(15)16/h4-9,14,17H,1-3H3. The fourth-order valence-corrected chi connectivity index (χ4v) is 2.60. The lowest BCUT2D eigenvalue weighted by Gasteiger charge is -2.15. The smallest absolute Gasteiger partial charge is 0.288 e. The number of halogens is 2. The van der Waals surface area contributed by atoms with Crippen LogP contribution >= 0.6 is 11.8 Å². The predicted molar refractivity (Wildman–Crippen MR) is 78.3 cm³/mol. The van der Waals surface area contributed by atoms with E-state index in [0.717, 1.165) is 16.9 Å². The molecule has 0 aliphatic carbocycles. The summed E-state index contributed by atoms with van der Waals surface area (Å²) in [5, 5.41) is 7.65. The molecule has 1 unspecified atom stereocenters. The molecule has 0 saturated carbocycles. The highest BCUT2D eigenvalue weighted by atomic mass is 32.2. The number of alkyl halides is 2. The van der Waals surface area contributed by atoms with Crippen LogP contribution in [0, 0.1) is 6.92 Å². The third-order valence-corrected chi connectivity index (χ3v) is 3.70. The normalized spacial score (nSPS) is 12.7. The number of benzene rings is 1. The van der Waals surface area contributed by atoms with Gasteiger partial charge in [0.1, 0.15) is 0 Å². The highest BCUT2D eigenvalue weighted by Crippen LogP contribution is 2.27. The zero-order valence-electron chi connectivity index (χ0n) is 11.6. The number of anilines is 1. The Morgan fingerprint density at radius 2 is 1.90 bits per heavy atom. The first-order valence-electron chi connectivity index (χ1n) is 6.27. The van der Waals surface area contributed by atoms with E-state index < -0.39 is 5.76 Å². The molecule has 1 atom stereocenters. The number of nitrogens with one attached hydrogen (secondary N) is 1. The van der Waals surface area contributed by atoms with Gasteiger partial charge in [-0.15, -0.1) is 0 Å². The summed E-state index contributed by atoms with van der Waals surface area (Å²) in [4.78, 5) is 0.566. The van der Waals surface area contributed by atoms with E-state index >= 15 is 0 Å². The van der Waals surface area contributed by atoms with E-state index in [4.69, 9.17) is 0 Å². The van der Waals surface area contributed by atoms with E-state index in [2.05, 4.69) is 10.4 Å². The van der Waals surface area contributed by atoms with Crippen LogP contribution in [-0.2, 0) is 7.05 Å². The van der Waals surface area contributed by atoms with Crippen LogP contribution in [-0.4, -0.2) is 15.5 Å². The molecule has 0 aliphatic heterocycles. The summed E-state index contributed by atoms with van der Waals surface area (Å²) in [7, 11) is 1.89. The molecule has 2 rings (SSSR count). The molecule has 1 N–H and O–H groups in total. The molecule has 3 nitrogen and oxygen atoms in total. The van der Waals surface area contributed by atoms with Crippen molar-refractivity contribution < 1.29 is 8.78 Å². The molecule has 0 amide bonds. The van der Waals surface area contributed by atoms with Crippen molar-refractivity contribution in [2.45, 2.75) is 30.5 Å². The van der Waals surface area contributed by atoms with Gasteiger partial charge in [0.05, 0.1) is 11.7 Å². The Hall–Kier alpha value is -1.56. The average Bonchev–Trinajstić information content (AvgIpc) is 2.70. The van der Waals surface area contributed by atoms with Gasteiger partial charge in [0.2, 0.25) is 0 Å². The third-order valence-electron chi connectivity index (χ3n) is 2.98. The molecule has 0 fully saturated rings. The van der Waals surface area contributed by atoms with Crippen molar-refractivity contribution >= 4 is 17.4 Å². The largest absolute Gasteiger partial charge is 0.378 e. The van der Waals surface area contributed by atoms with Gasteiger partial charge in [-0.3, -0.25) is 4.68 Å². The van der Waals surface area contributed by atoms with Gasteiger partial charge in [0.15, 0.2) is 0 Å². The molecular formula is C14H17F2N3S. The zero-order chi connectivity index (χ0) is 14.7. The molecule has 1 aromatic heterocycles. The number of hydrogen-bond acceptors (Lipinski definition) is 3. The molecule has 108 valence electrons. The highest BCUT2D eigenvalue weighted by molar-refractivity contribution is 7.99. The summed E-state index contributed by atoms with van der Waals surface area (Å²) < 4.78 is 26.3. The van der Waals surface area contributed by atoms with Crippen LogP contribution in [0.3, 0.4) is 0 Å². The Labute approximate surface area is 121 Å². The van der Waals surface area contributed by atoms with E-state index in [1.165, 1.54) is 0 Å².